The first-order valence-corrected chi connectivity index (χ1v) is 5.84. The van der Waals surface area contributed by atoms with Crippen molar-refractivity contribution in [3.63, 3.8) is 0 Å². The van der Waals surface area contributed by atoms with E-state index in [2.05, 4.69) is 36.3 Å². The van der Waals surface area contributed by atoms with Crippen LogP contribution < -0.4 is 16.0 Å². The molecule has 1 aromatic carbocycles. The highest BCUT2D eigenvalue weighted by Gasteiger charge is 2.06. The van der Waals surface area contributed by atoms with Crippen LogP contribution in [0.3, 0.4) is 0 Å². The molecule has 0 aliphatic rings. The summed E-state index contributed by atoms with van der Waals surface area (Å²) >= 11 is 0. The van der Waals surface area contributed by atoms with Crippen molar-refractivity contribution in [1.29, 1.82) is 0 Å². The zero-order valence-electron chi connectivity index (χ0n) is 11.2. The number of nitrogens with one attached hydrogen (secondary N) is 1. The fourth-order valence-corrected chi connectivity index (χ4v) is 1.88. The van der Waals surface area contributed by atoms with Gasteiger partial charge in [0, 0.05) is 6.54 Å². The molecular weight excluding hydrogens is 214 g/mol. The Morgan fingerprint density at radius 3 is 2.59 bits per heavy atom. The standard InChI is InChI=1S/C13H23N3O/c1-10-8-13(17-4)11(2)7-12(10)5-6-16(3)9-15-14/h7-8,15H,5-6,9,14H2,1-4H3. The normalized spacial score (nSPS) is 10.9. The summed E-state index contributed by atoms with van der Waals surface area (Å²) in [5, 5.41) is 0. The molecular formula is C13H23N3O. The Balaban J connectivity index is 2.68. The van der Waals surface area contributed by atoms with Crippen molar-refractivity contribution in [3.8, 4) is 5.75 Å². The third kappa shape index (κ3) is 4.00. The summed E-state index contributed by atoms with van der Waals surface area (Å²) in [6.07, 6.45) is 1.02. The van der Waals surface area contributed by atoms with Gasteiger partial charge in [-0.2, -0.15) is 0 Å². The number of aryl methyl sites for hydroxylation is 2. The largest absolute Gasteiger partial charge is 0.496 e. The van der Waals surface area contributed by atoms with Crippen LogP contribution in [0, 0.1) is 13.8 Å². The van der Waals surface area contributed by atoms with Gasteiger partial charge in [-0.05, 0) is 50.1 Å². The topological polar surface area (TPSA) is 50.5 Å². The Bertz CT molecular complexity index is 366. The molecule has 0 saturated heterocycles. The van der Waals surface area contributed by atoms with E-state index in [0.29, 0.717) is 6.67 Å². The van der Waals surface area contributed by atoms with Crippen LogP contribution in [0.2, 0.25) is 0 Å². The van der Waals surface area contributed by atoms with Crippen LogP contribution >= 0.6 is 0 Å². The fourth-order valence-electron chi connectivity index (χ4n) is 1.88. The highest BCUT2D eigenvalue weighted by molar-refractivity contribution is 5.41. The molecule has 0 amide bonds. The summed E-state index contributed by atoms with van der Waals surface area (Å²) in [6, 6.07) is 4.31. The third-order valence-electron chi connectivity index (χ3n) is 2.98. The molecule has 3 N–H and O–H groups in total. The Kier molecular flexibility index (Phi) is 5.41. The Morgan fingerprint density at radius 1 is 1.29 bits per heavy atom. The molecule has 1 rings (SSSR count). The van der Waals surface area contributed by atoms with E-state index in [0.717, 1.165) is 18.7 Å². The highest BCUT2D eigenvalue weighted by atomic mass is 16.5. The lowest BCUT2D eigenvalue weighted by atomic mass is 10.0. The van der Waals surface area contributed by atoms with Gasteiger partial charge in [0.05, 0.1) is 13.8 Å². The van der Waals surface area contributed by atoms with Gasteiger partial charge in [0.15, 0.2) is 0 Å². The lowest BCUT2D eigenvalue weighted by Gasteiger charge is -2.17. The Labute approximate surface area is 104 Å². The van der Waals surface area contributed by atoms with Crippen molar-refractivity contribution in [2.75, 3.05) is 27.4 Å². The van der Waals surface area contributed by atoms with E-state index in [9.17, 15) is 0 Å². The molecule has 0 radical (unpaired) electrons. The van der Waals surface area contributed by atoms with Gasteiger partial charge in [-0.3, -0.25) is 10.7 Å². The summed E-state index contributed by atoms with van der Waals surface area (Å²) < 4.78 is 5.31. The molecule has 0 spiro atoms. The predicted octanol–water partition coefficient (Wildman–Crippen LogP) is 1.21. The van der Waals surface area contributed by atoms with E-state index in [-0.39, 0.29) is 0 Å². The van der Waals surface area contributed by atoms with Crippen LogP contribution in [0.5, 0.6) is 5.75 Å². The van der Waals surface area contributed by atoms with E-state index in [1.54, 1.807) is 7.11 Å². The van der Waals surface area contributed by atoms with Gasteiger partial charge < -0.3 is 4.74 Å². The maximum Gasteiger partial charge on any atom is 0.122 e. The van der Waals surface area contributed by atoms with Crippen LogP contribution in [0.25, 0.3) is 0 Å². The number of benzene rings is 1. The van der Waals surface area contributed by atoms with Crippen molar-refractivity contribution in [2.45, 2.75) is 20.3 Å². The first-order valence-electron chi connectivity index (χ1n) is 5.84. The van der Waals surface area contributed by atoms with Gasteiger partial charge in [0.1, 0.15) is 5.75 Å². The molecule has 0 fully saturated rings. The zero-order valence-corrected chi connectivity index (χ0v) is 11.2. The number of nitrogens with zero attached hydrogens (tertiary/aromatic N) is 1. The van der Waals surface area contributed by atoms with E-state index >= 15 is 0 Å². The molecule has 0 saturated carbocycles. The van der Waals surface area contributed by atoms with Crippen molar-refractivity contribution in [2.24, 2.45) is 5.84 Å². The van der Waals surface area contributed by atoms with E-state index in [1.165, 1.54) is 16.7 Å². The fraction of sp³-hybridized carbons (Fsp3) is 0.538. The number of hydrogen-bond donors (Lipinski definition) is 2. The number of hydrazine groups is 1. The second kappa shape index (κ2) is 6.59. The van der Waals surface area contributed by atoms with E-state index < -0.39 is 0 Å². The number of nitrogens with two attached hydrogens (primary N) is 1. The van der Waals surface area contributed by atoms with Crippen molar-refractivity contribution < 1.29 is 4.74 Å². The smallest absolute Gasteiger partial charge is 0.122 e. The molecule has 4 nitrogen and oxygen atoms in total. The lowest BCUT2D eigenvalue weighted by Crippen LogP contribution is -2.36. The summed E-state index contributed by atoms with van der Waals surface area (Å²) in [6.45, 7) is 5.89. The van der Waals surface area contributed by atoms with Crippen LogP contribution in [0.4, 0.5) is 0 Å². The molecule has 4 heteroatoms. The van der Waals surface area contributed by atoms with E-state index in [1.807, 2.05) is 7.05 Å². The van der Waals surface area contributed by atoms with Gasteiger partial charge >= 0.3 is 0 Å². The summed E-state index contributed by atoms with van der Waals surface area (Å²) in [5.74, 6) is 6.24. The van der Waals surface area contributed by atoms with Gasteiger partial charge in [0.2, 0.25) is 0 Å². The van der Waals surface area contributed by atoms with Crippen molar-refractivity contribution in [1.82, 2.24) is 10.3 Å². The maximum atomic E-state index is 5.31. The summed E-state index contributed by atoms with van der Waals surface area (Å²) in [4.78, 5) is 2.15. The summed E-state index contributed by atoms with van der Waals surface area (Å²) in [5.41, 5.74) is 6.49. The van der Waals surface area contributed by atoms with Crippen LogP contribution in [-0.2, 0) is 6.42 Å². The molecule has 0 bridgehead atoms. The molecule has 0 unspecified atom stereocenters. The minimum Gasteiger partial charge on any atom is -0.496 e. The second-order valence-corrected chi connectivity index (χ2v) is 4.44. The molecule has 0 heterocycles. The quantitative estimate of drug-likeness (QED) is 0.443. The minimum absolute atomic E-state index is 0.703. The van der Waals surface area contributed by atoms with Gasteiger partial charge in [0.25, 0.3) is 0 Å². The van der Waals surface area contributed by atoms with Crippen LogP contribution in [0.15, 0.2) is 12.1 Å². The van der Waals surface area contributed by atoms with Gasteiger partial charge in [-0.25, -0.2) is 5.43 Å². The Hall–Kier alpha value is -1.10. The average Bonchev–Trinajstić information content (AvgIpc) is 2.30. The summed E-state index contributed by atoms with van der Waals surface area (Å²) in [7, 11) is 3.76. The molecule has 96 valence electrons. The molecule has 0 aliphatic carbocycles. The number of rotatable bonds is 6. The zero-order chi connectivity index (χ0) is 12.8. The third-order valence-corrected chi connectivity index (χ3v) is 2.98. The monoisotopic (exact) mass is 237 g/mol. The SMILES string of the molecule is COc1cc(C)c(CCN(C)CNN)cc1C. The molecule has 0 aromatic heterocycles. The van der Waals surface area contributed by atoms with Crippen LogP contribution in [-0.4, -0.2) is 32.3 Å². The van der Waals surface area contributed by atoms with Crippen LogP contribution in [0.1, 0.15) is 16.7 Å². The average molecular weight is 237 g/mol. The first-order chi connectivity index (χ1) is 8.08. The van der Waals surface area contributed by atoms with E-state index in [4.69, 9.17) is 10.6 Å². The first kappa shape index (κ1) is 14.0. The van der Waals surface area contributed by atoms with Crippen molar-refractivity contribution >= 4 is 0 Å². The number of methoxy groups -OCH3 is 1. The highest BCUT2D eigenvalue weighted by Crippen LogP contribution is 2.22. The Morgan fingerprint density at radius 2 is 2.00 bits per heavy atom. The second-order valence-electron chi connectivity index (χ2n) is 4.44. The van der Waals surface area contributed by atoms with Crippen molar-refractivity contribution in [3.05, 3.63) is 28.8 Å². The van der Waals surface area contributed by atoms with Gasteiger partial charge in [-0.1, -0.05) is 6.07 Å². The molecule has 17 heavy (non-hydrogen) atoms. The number of likely N-dealkylation sites (N-methyl/N-ethyl adjacent to an activating group) is 1. The molecule has 0 atom stereocenters. The molecule has 1 aromatic rings. The van der Waals surface area contributed by atoms with Gasteiger partial charge in [-0.15, -0.1) is 0 Å². The maximum absolute atomic E-state index is 5.31. The molecule has 0 aliphatic heterocycles. The number of hydrogen-bond acceptors (Lipinski definition) is 4. The minimum atomic E-state index is 0.703. The number of ether oxygens (including phenoxy) is 1. The predicted molar refractivity (Wildman–Crippen MR) is 71.0 cm³/mol. The lowest BCUT2D eigenvalue weighted by molar-refractivity contribution is 0.312.